The minimum absolute atomic E-state index is 0.324. The van der Waals surface area contributed by atoms with Gasteiger partial charge in [-0.15, -0.1) is 11.3 Å². The highest BCUT2D eigenvalue weighted by Gasteiger charge is 2.16. The standard InChI is InChI=1S/C14H12ClNO3S/c1-8-3-4-9(7-10(8)15)13(17)16-11-5-6-20-12(11)14(18)19-2/h3-7H,1-2H3,(H,16,17). The molecule has 0 atom stereocenters. The van der Waals surface area contributed by atoms with Crippen LogP contribution in [0.4, 0.5) is 5.69 Å². The van der Waals surface area contributed by atoms with Gasteiger partial charge in [-0.05, 0) is 36.1 Å². The lowest BCUT2D eigenvalue weighted by molar-refractivity contribution is 0.0607. The van der Waals surface area contributed by atoms with Gasteiger partial charge in [0.1, 0.15) is 4.88 Å². The number of anilines is 1. The number of aryl methyl sites for hydroxylation is 1. The molecule has 4 nitrogen and oxygen atoms in total. The van der Waals surface area contributed by atoms with Gasteiger partial charge in [0.05, 0.1) is 12.8 Å². The van der Waals surface area contributed by atoms with Gasteiger partial charge in [0.15, 0.2) is 0 Å². The van der Waals surface area contributed by atoms with Gasteiger partial charge in [-0.2, -0.15) is 0 Å². The molecule has 2 aromatic rings. The summed E-state index contributed by atoms with van der Waals surface area (Å²) in [5.41, 5.74) is 1.76. The Balaban J connectivity index is 2.22. The first-order chi connectivity index (χ1) is 9.52. The molecule has 0 bridgehead atoms. The highest BCUT2D eigenvalue weighted by molar-refractivity contribution is 7.12. The second kappa shape index (κ2) is 6.07. The van der Waals surface area contributed by atoms with Crippen molar-refractivity contribution in [3.63, 3.8) is 0 Å². The predicted molar refractivity (Wildman–Crippen MR) is 79.8 cm³/mol. The van der Waals surface area contributed by atoms with Crippen LogP contribution in [0, 0.1) is 6.92 Å². The molecular formula is C14H12ClNO3S. The number of methoxy groups -OCH3 is 1. The van der Waals surface area contributed by atoms with Gasteiger partial charge < -0.3 is 10.1 Å². The zero-order valence-corrected chi connectivity index (χ0v) is 12.5. The lowest BCUT2D eigenvalue weighted by atomic mass is 10.1. The Hall–Kier alpha value is -1.85. The van der Waals surface area contributed by atoms with Crippen LogP contribution in [0.2, 0.25) is 5.02 Å². The predicted octanol–water partition coefficient (Wildman–Crippen LogP) is 3.75. The van der Waals surface area contributed by atoms with Gasteiger partial charge in [0.2, 0.25) is 0 Å². The lowest BCUT2D eigenvalue weighted by Gasteiger charge is -2.06. The molecule has 0 fully saturated rings. The molecule has 0 aliphatic heterocycles. The molecule has 0 spiro atoms. The summed E-state index contributed by atoms with van der Waals surface area (Å²) >= 11 is 7.20. The molecule has 0 aliphatic rings. The van der Waals surface area contributed by atoms with Crippen molar-refractivity contribution in [3.8, 4) is 0 Å². The summed E-state index contributed by atoms with van der Waals surface area (Å²) in [6.07, 6.45) is 0. The van der Waals surface area contributed by atoms with Crippen LogP contribution in [0.1, 0.15) is 25.6 Å². The van der Waals surface area contributed by atoms with Crippen molar-refractivity contribution in [2.45, 2.75) is 6.92 Å². The van der Waals surface area contributed by atoms with Crippen LogP contribution >= 0.6 is 22.9 Å². The molecule has 104 valence electrons. The van der Waals surface area contributed by atoms with Gasteiger partial charge in [0.25, 0.3) is 5.91 Å². The minimum atomic E-state index is -0.475. The number of hydrogen-bond acceptors (Lipinski definition) is 4. The average molecular weight is 310 g/mol. The van der Waals surface area contributed by atoms with Crippen LogP contribution in [0.5, 0.6) is 0 Å². The molecule has 1 amide bonds. The van der Waals surface area contributed by atoms with E-state index in [1.807, 2.05) is 6.92 Å². The van der Waals surface area contributed by atoms with Crippen LogP contribution in [-0.2, 0) is 4.74 Å². The average Bonchev–Trinajstić information content (AvgIpc) is 2.89. The van der Waals surface area contributed by atoms with E-state index in [0.717, 1.165) is 5.56 Å². The van der Waals surface area contributed by atoms with Crippen molar-refractivity contribution in [1.82, 2.24) is 0 Å². The van der Waals surface area contributed by atoms with Gasteiger partial charge in [0, 0.05) is 10.6 Å². The van der Waals surface area contributed by atoms with E-state index >= 15 is 0 Å². The summed E-state index contributed by atoms with van der Waals surface area (Å²) in [7, 11) is 1.30. The molecule has 0 aliphatic carbocycles. The van der Waals surface area contributed by atoms with Crippen molar-refractivity contribution in [3.05, 3.63) is 50.7 Å². The third-order valence-corrected chi connectivity index (χ3v) is 4.02. The van der Waals surface area contributed by atoms with Crippen molar-refractivity contribution < 1.29 is 14.3 Å². The van der Waals surface area contributed by atoms with E-state index in [1.54, 1.807) is 29.6 Å². The van der Waals surface area contributed by atoms with Crippen LogP contribution in [0.15, 0.2) is 29.6 Å². The van der Waals surface area contributed by atoms with E-state index in [1.165, 1.54) is 18.4 Å². The van der Waals surface area contributed by atoms with E-state index < -0.39 is 5.97 Å². The third kappa shape index (κ3) is 3.00. The number of thiophene rings is 1. The Kier molecular flexibility index (Phi) is 4.42. The minimum Gasteiger partial charge on any atom is -0.465 e. The van der Waals surface area contributed by atoms with Crippen molar-refractivity contribution in [2.24, 2.45) is 0 Å². The lowest BCUT2D eigenvalue weighted by Crippen LogP contribution is -2.14. The van der Waals surface area contributed by atoms with Gasteiger partial charge in [-0.1, -0.05) is 17.7 Å². The van der Waals surface area contributed by atoms with Crippen LogP contribution in [0.25, 0.3) is 0 Å². The fourth-order valence-electron chi connectivity index (χ4n) is 1.59. The highest BCUT2D eigenvalue weighted by Crippen LogP contribution is 2.24. The monoisotopic (exact) mass is 309 g/mol. The number of amides is 1. The fourth-order valence-corrected chi connectivity index (χ4v) is 2.53. The number of benzene rings is 1. The third-order valence-electron chi connectivity index (χ3n) is 2.72. The van der Waals surface area contributed by atoms with Crippen molar-refractivity contribution in [1.29, 1.82) is 0 Å². The summed E-state index contributed by atoms with van der Waals surface area (Å²) in [5, 5.41) is 4.92. The second-order valence-corrected chi connectivity index (χ2v) is 5.40. The van der Waals surface area contributed by atoms with Gasteiger partial charge in [-0.3, -0.25) is 4.79 Å². The normalized spacial score (nSPS) is 10.2. The maximum absolute atomic E-state index is 12.1. The molecule has 1 heterocycles. The SMILES string of the molecule is COC(=O)c1sccc1NC(=O)c1ccc(C)c(Cl)c1. The Morgan fingerprint density at radius 2 is 2.05 bits per heavy atom. The first-order valence-electron chi connectivity index (χ1n) is 5.76. The summed E-state index contributed by atoms with van der Waals surface area (Å²) in [6, 6.07) is 6.70. The topological polar surface area (TPSA) is 55.4 Å². The van der Waals surface area contributed by atoms with E-state index in [-0.39, 0.29) is 5.91 Å². The second-order valence-electron chi connectivity index (χ2n) is 4.07. The largest absolute Gasteiger partial charge is 0.465 e. The number of ether oxygens (including phenoxy) is 1. The van der Waals surface area contributed by atoms with Gasteiger partial charge in [-0.25, -0.2) is 4.79 Å². The maximum atomic E-state index is 12.1. The zero-order valence-electron chi connectivity index (χ0n) is 10.9. The Morgan fingerprint density at radius 3 is 2.70 bits per heavy atom. The number of halogens is 1. The zero-order chi connectivity index (χ0) is 14.7. The Morgan fingerprint density at radius 1 is 1.30 bits per heavy atom. The van der Waals surface area contributed by atoms with E-state index in [2.05, 4.69) is 10.1 Å². The molecule has 0 saturated carbocycles. The number of carbonyl (C=O) groups is 2. The van der Waals surface area contributed by atoms with E-state index in [0.29, 0.717) is 21.2 Å². The number of hydrogen-bond donors (Lipinski definition) is 1. The fraction of sp³-hybridized carbons (Fsp3) is 0.143. The van der Waals surface area contributed by atoms with Crippen LogP contribution in [-0.4, -0.2) is 19.0 Å². The molecule has 1 N–H and O–H groups in total. The molecule has 1 aromatic heterocycles. The summed E-state index contributed by atoms with van der Waals surface area (Å²) < 4.78 is 4.66. The first kappa shape index (κ1) is 14.6. The number of nitrogens with one attached hydrogen (secondary N) is 1. The van der Waals surface area contributed by atoms with Crippen LogP contribution in [0.3, 0.4) is 0 Å². The summed E-state index contributed by atoms with van der Waals surface area (Å²) in [4.78, 5) is 24.0. The summed E-state index contributed by atoms with van der Waals surface area (Å²) in [6.45, 7) is 1.86. The molecule has 6 heteroatoms. The summed E-state index contributed by atoms with van der Waals surface area (Å²) in [5.74, 6) is -0.798. The van der Waals surface area contributed by atoms with E-state index in [4.69, 9.17) is 11.6 Å². The molecule has 0 saturated heterocycles. The molecule has 1 aromatic carbocycles. The first-order valence-corrected chi connectivity index (χ1v) is 7.02. The number of carbonyl (C=O) groups excluding carboxylic acids is 2. The smallest absolute Gasteiger partial charge is 0.350 e. The molecule has 2 rings (SSSR count). The number of rotatable bonds is 3. The van der Waals surface area contributed by atoms with E-state index in [9.17, 15) is 9.59 Å². The van der Waals surface area contributed by atoms with Crippen LogP contribution < -0.4 is 5.32 Å². The molecule has 0 unspecified atom stereocenters. The van der Waals surface area contributed by atoms with Gasteiger partial charge >= 0.3 is 5.97 Å². The number of esters is 1. The Bertz CT molecular complexity index is 666. The quantitative estimate of drug-likeness (QED) is 0.879. The Labute approximate surface area is 125 Å². The van der Waals surface area contributed by atoms with Crippen molar-refractivity contribution >= 4 is 40.5 Å². The van der Waals surface area contributed by atoms with Crippen molar-refractivity contribution in [2.75, 3.05) is 12.4 Å². The maximum Gasteiger partial charge on any atom is 0.350 e. The molecule has 0 radical (unpaired) electrons. The highest BCUT2D eigenvalue weighted by atomic mass is 35.5. The molecule has 20 heavy (non-hydrogen) atoms. The molecular weight excluding hydrogens is 298 g/mol.